The maximum Gasteiger partial charge on any atom is 0.573 e. The van der Waals surface area contributed by atoms with Crippen LogP contribution in [0.1, 0.15) is 5.56 Å². The Morgan fingerprint density at radius 3 is 2.61 bits per heavy atom. The number of rotatable bonds is 8. The molecule has 162 valence electrons. The van der Waals surface area contributed by atoms with Crippen LogP contribution < -0.4 is 10.1 Å². The number of carbonyl (C=O) groups is 1. The van der Waals surface area contributed by atoms with Crippen LogP contribution in [0.3, 0.4) is 0 Å². The number of aryl methyl sites for hydroxylation is 1. The number of benzene rings is 2. The Hall–Kier alpha value is -3.27. The molecule has 0 radical (unpaired) electrons. The second kappa shape index (κ2) is 9.69. The Labute approximate surface area is 181 Å². The summed E-state index contributed by atoms with van der Waals surface area (Å²) in [6.07, 6.45) is -3.04. The molecule has 1 aromatic heterocycles. The van der Waals surface area contributed by atoms with Crippen molar-refractivity contribution in [3.63, 3.8) is 0 Å². The van der Waals surface area contributed by atoms with Gasteiger partial charge in [-0.05, 0) is 37.3 Å². The number of aromatic nitrogens is 3. The normalized spacial score (nSPS) is 11.2. The monoisotopic (exact) mass is 448 g/mol. The molecule has 3 aromatic rings. The molecule has 6 nitrogen and oxygen atoms in total. The van der Waals surface area contributed by atoms with E-state index < -0.39 is 6.36 Å². The molecule has 0 aliphatic carbocycles. The number of amides is 1. The molecule has 0 saturated heterocycles. The van der Waals surface area contributed by atoms with E-state index in [1.165, 1.54) is 23.9 Å². The van der Waals surface area contributed by atoms with E-state index in [2.05, 4.69) is 26.8 Å². The van der Waals surface area contributed by atoms with Crippen LogP contribution in [0, 0.1) is 6.92 Å². The van der Waals surface area contributed by atoms with Crippen LogP contribution in [0.15, 0.2) is 66.3 Å². The third-order valence-corrected chi connectivity index (χ3v) is 4.98. The van der Waals surface area contributed by atoms with Crippen molar-refractivity contribution < 1.29 is 22.7 Å². The summed E-state index contributed by atoms with van der Waals surface area (Å²) < 4.78 is 42.3. The van der Waals surface area contributed by atoms with Crippen molar-refractivity contribution in [2.45, 2.75) is 25.0 Å². The van der Waals surface area contributed by atoms with E-state index in [4.69, 9.17) is 0 Å². The zero-order valence-electron chi connectivity index (χ0n) is 16.5. The molecule has 0 aliphatic heterocycles. The molecule has 1 N–H and O–H groups in total. The van der Waals surface area contributed by atoms with Gasteiger partial charge in [-0.3, -0.25) is 9.36 Å². The van der Waals surface area contributed by atoms with Gasteiger partial charge in [0.2, 0.25) is 5.91 Å². The number of nitrogens with zero attached hydrogens (tertiary/aromatic N) is 3. The molecule has 0 saturated carbocycles. The van der Waals surface area contributed by atoms with Crippen LogP contribution in [0.4, 0.5) is 18.9 Å². The number of ether oxygens (including phenoxy) is 1. The molecule has 0 unspecified atom stereocenters. The topological polar surface area (TPSA) is 69.0 Å². The first-order valence-corrected chi connectivity index (χ1v) is 10.1. The predicted octanol–water partition coefficient (Wildman–Crippen LogP) is 5.07. The minimum Gasteiger partial charge on any atom is -0.406 e. The lowest BCUT2D eigenvalue weighted by Crippen LogP contribution is -2.17. The summed E-state index contributed by atoms with van der Waals surface area (Å²) in [5.41, 5.74) is 2.35. The number of nitrogens with one attached hydrogen (secondary N) is 1. The molecule has 0 aliphatic rings. The quantitative estimate of drug-likeness (QED) is 0.385. The predicted molar refractivity (Wildman–Crippen MR) is 113 cm³/mol. The minimum atomic E-state index is -4.76. The number of hydrogen-bond acceptors (Lipinski definition) is 5. The van der Waals surface area contributed by atoms with Gasteiger partial charge in [-0.25, -0.2) is 0 Å². The van der Waals surface area contributed by atoms with Gasteiger partial charge in [-0.15, -0.1) is 29.9 Å². The summed E-state index contributed by atoms with van der Waals surface area (Å²) in [5.74, 6) is 0.0248. The van der Waals surface area contributed by atoms with Crippen molar-refractivity contribution >= 4 is 23.4 Å². The zero-order valence-corrected chi connectivity index (χ0v) is 17.3. The fourth-order valence-electron chi connectivity index (χ4n) is 2.75. The molecule has 0 spiro atoms. The van der Waals surface area contributed by atoms with Crippen molar-refractivity contribution in [3.8, 4) is 17.1 Å². The Kier molecular flexibility index (Phi) is 7.01. The van der Waals surface area contributed by atoms with E-state index in [1.54, 1.807) is 6.08 Å². The fraction of sp³-hybridized carbons (Fsp3) is 0.190. The summed E-state index contributed by atoms with van der Waals surface area (Å²) in [7, 11) is 0. The Balaban J connectivity index is 1.64. The highest BCUT2D eigenvalue weighted by Crippen LogP contribution is 2.26. The number of halogens is 3. The fourth-order valence-corrected chi connectivity index (χ4v) is 3.50. The second-order valence-corrected chi connectivity index (χ2v) is 7.43. The number of anilines is 1. The van der Waals surface area contributed by atoms with Crippen molar-refractivity contribution in [1.29, 1.82) is 0 Å². The standard InChI is InChI=1S/C21H19F3N4O2S/c1-3-11-28-19(15-6-4-5-14(2)12-15)26-27-20(28)31-13-18(29)25-16-7-9-17(10-8-16)30-21(22,23)24/h3-10,12H,1,11,13H2,2H3,(H,25,29). The summed E-state index contributed by atoms with van der Waals surface area (Å²) in [5, 5.41) is 11.6. The summed E-state index contributed by atoms with van der Waals surface area (Å²) in [6, 6.07) is 12.8. The second-order valence-electron chi connectivity index (χ2n) is 6.48. The largest absolute Gasteiger partial charge is 0.573 e. The van der Waals surface area contributed by atoms with Crippen LogP contribution in [-0.2, 0) is 11.3 Å². The van der Waals surface area contributed by atoms with E-state index >= 15 is 0 Å². The van der Waals surface area contributed by atoms with E-state index in [9.17, 15) is 18.0 Å². The third-order valence-electron chi connectivity index (χ3n) is 4.01. The molecular weight excluding hydrogens is 429 g/mol. The molecule has 10 heteroatoms. The SMILES string of the molecule is C=CCn1c(SCC(=O)Nc2ccc(OC(F)(F)F)cc2)nnc1-c1cccc(C)c1. The molecule has 1 amide bonds. The number of alkyl halides is 3. The van der Waals surface area contributed by atoms with Crippen LogP contribution in [-0.4, -0.2) is 32.8 Å². The van der Waals surface area contributed by atoms with Gasteiger partial charge in [0.15, 0.2) is 11.0 Å². The molecule has 1 heterocycles. The lowest BCUT2D eigenvalue weighted by Gasteiger charge is -2.10. The molecule has 31 heavy (non-hydrogen) atoms. The van der Waals surface area contributed by atoms with Gasteiger partial charge in [0.25, 0.3) is 0 Å². The minimum absolute atomic E-state index is 0.0455. The van der Waals surface area contributed by atoms with E-state index in [1.807, 2.05) is 35.8 Å². The van der Waals surface area contributed by atoms with Crippen molar-refractivity contribution in [3.05, 3.63) is 66.7 Å². The lowest BCUT2D eigenvalue weighted by molar-refractivity contribution is -0.274. The number of thioether (sulfide) groups is 1. The maximum absolute atomic E-state index is 12.3. The summed E-state index contributed by atoms with van der Waals surface area (Å²) in [4.78, 5) is 12.3. The highest BCUT2D eigenvalue weighted by atomic mass is 32.2. The van der Waals surface area contributed by atoms with Crippen LogP contribution >= 0.6 is 11.8 Å². The zero-order chi connectivity index (χ0) is 22.4. The number of carbonyl (C=O) groups excluding carboxylic acids is 1. The van der Waals surface area contributed by atoms with Gasteiger partial charge in [-0.2, -0.15) is 0 Å². The van der Waals surface area contributed by atoms with Crippen LogP contribution in [0.2, 0.25) is 0 Å². The first-order valence-electron chi connectivity index (χ1n) is 9.15. The van der Waals surface area contributed by atoms with Crippen molar-refractivity contribution in [2.75, 3.05) is 11.1 Å². The number of hydrogen-bond donors (Lipinski definition) is 1. The van der Waals surface area contributed by atoms with Crippen molar-refractivity contribution in [1.82, 2.24) is 14.8 Å². The van der Waals surface area contributed by atoms with E-state index in [-0.39, 0.29) is 17.4 Å². The van der Waals surface area contributed by atoms with Gasteiger partial charge in [0.05, 0.1) is 5.75 Å². The highest BCUT2D eigenvalue weighted by Gasteiger charge is 2.31. The summed E-state index contributed by atoms with van der Waals surface area (Å²) >= 11 is 1.20. The van der Waals surface area contributed by atoms with Gasteiger partial charge in [0, 0.05) is 17.8 Å². The van der Waals surface area contributed by atoms with E-state index in [0.717, 1.165) is 23.3 Å². The molecule has 2 aromatic carbocycles. The highest BCUT2D eigenvalue weighted by molar-refractivity contribution is 7.99. The van der Waals surface area contributed by atoms with E-state index in [0.29, 0.717) is 23.2 Å². The molecule has 3 rings (SSSR count). The van der Waals surface area contributed by atoms with Crippen molar-refractivity contribution in [2.24, 2.45) is 0 Å². The van der Waals surface area contributed by atoms with Crippen LogP contribution in [0.25, 0.3) is 11.4 Å². The first-order chi connectivity index (χ1) is 14.7. The molecule has 0 bridgehead atoms. The lowest BCUT2D eigenvalue weighted by atomic mass is 10.1. The Bertz CT molecular complexity index is 1070. The first kappa shape index (κ1) is 22.4. The maximum atomic E-state index is 12.3. The Morgan fingerprint density at radius 2 is 1.97 bits per heavy atom. The smallest absolute Gasteiger partial charge is 0.406 e. The molecule has 0 atom stereocenters. The average Bonchev–Trinajstić information content (AvgIpc) is 3.10. The van der Waals surface area contributed by atoms with Gasteiger partial charge in [-0.1, -0.05) is 41.6 Å². The van der Waals surface area contributed by atoms with Crippen LogP contribution in [0.5, 0.6) is 5.75 Å². The Morgan fingerprint density at radius 1 is 1.23 bits per heavy atom. The molecular formula is C21H19F3N4O2S. The van der Waals surface area contributed by atoms with Gasteiger partial charge in [0.1, 0.15) is 5.75 Å². The summed E-state index contributed by atoms with van der Waals surface area (Å²) in [6.45, 7) is 6.22. The molecule has 0 fully saturated rings. The van der Waals surface area contributed by atoms with Gasteiger partial charge >= 0.3 is 6.36 Å². The third kappa shape index (κ3) is 6.35. The van der Waals surface area contributed by atoms with Gasteiger partial charge < -0.3 is 10.1 Å². The number of allylic oxidation sites excluding steroid dienone is 1. The average molecular weight is 448 g/mol.